The second-order valence-corrected chi connectivity index (χ2v) is 5.28. The Kier molecular flexibility index (Phi) is 9.07. The van der Waals surface area contributed by atoms with Gasteiger partial charge in [-0.3, -0.25) is 4.79 Å². The van der Waals surface area contributed by atoms with Gasteiger partial charge in [-0.2, -0.15) is 0 Å². The van der Waals surface area contributed by atoms with Crippen molar-refractivity contribution in [1.29, 1.82) is 0 Å². The van der Waals surface area contributed by atoms with Crippen molar-refractivity contribution in [1.82, 2.24) is 10.2 Å². The van der Waals surface area contributed by atoms with Gasteiger partial charge in [-0.1, -0.05) is 13.3 Å². The molecule has 0 bridgehead atoms. The Labute approximate surface area is 133 Å². The maximum atomic E-state index is 11.7. The molecule has 0 saturated heterocycles. The van der Waals surface area contributed by atoms with Gasteiger partial charge in [-0.05, 0) is 44.3 Å². The van der Waals surface area contributed by atoms with Gasteiger partial charge in [0.1, 0.15) is 18.1 Å². The van der Waals surface area contributed by atoms with E-state index in [9.17, 15) is 4.79 Å². The van der Waals surface area contributed by atoms with Crippen LogP contribution in [0.15, 0.2) is 24.3 Å². The molecule has 0 aliphatic carbocycles. The molecule has 1 aromatic rings. The number of nitrogens with one attached hydrogen (secondary N) is 1. The summed E-state index contributed by atoms with van der Waals surface area (Å²) in [6.45, 7) is 4.99. The Morgan fingerprint density at radius 1 is 1.18 bits per heavy atom. The molecule has 0 unspecified atom stereocenters. The lowest BCUT2D eigenvalue weighted by molar-refractivity contribution is -0.121. The summed E-state index contributed by atoms with van der Waals surface area (Å²) in [7, 11) is 3.68. The average molecular weight is 308 g/mol. The molecule has 1 N–H and O–H groups in total. The second kappa shape index (κ2) is 10.9. The lowest BCUT2D eigenvalue weighted by atomic mass is 10.3. The number of ether oxygens (including phenoxy) is 2. The Balaban J connectivity index is 2.09. The Morgan fingerprint density at radius 3 is 2.50 bits per heavy atom. The van der Waals surface area contributed by atoms with Crippen molar-refractivity contribution in [2.24, 2.45) is 0 Å². The average Bonchev–Trinajstić information content (AvgIpc) is 2.55. The molecule has 1 aromatic carbocycles. The molecular formula is C17H28N2O3. The fourth-order valence-corrected chi connectivity index (χ4v) is 1.95. The van der Waals surface area contributed by atoms with E-state index >= 15 is 0 Å². The smallest absolute Gasteiger partial charge is 0.221 e. The van der Waals surface area contributed by atoms with E-state index in [1.807, 2.05) is 24.3 Å². The van der Waals surface area contributed by atoms with Gasteiger partial charge in [0, 0.05) is 13.0 Å². The fourth-order valence-electron chi connectivity index (χ4n) is 1.95. The summed E-state index contributed by atoms with van der Waals surface area (Å²) in [5.41, 5.74) is 0. The minimum Gasteiger partial charge on any atom is -0.497 e. The molecule has 22 heavy (non-hydrogen) atoms. The third-order valence-electron chi connectivity index (χ3n) is 3.37. The fraction of sp³-hybridized carbons (Fsp3) is 0.588. The first-order chi connectivity index (χ1) is 10.7. The van der Waals surface area contributed by atoms with Crippen molar-refractivity contribution < 1.29 is 14.3 Å². The highest BCUT2D eigenvalue weighted by molar-refractivity contribution is 5.76. The van der Waals surface area contributed by atoms with Crippen LogP contribution >= 0.6 is 0 Å². The van der Waals surface area contributed by atoms with Crippen LogP contribution in [0.2, 0.25) is 0 Å². The summed E-state index contributed by atoms with van der Waals surface area (Å²) in [6.07, 6.45) is 2.88. The van der Waals surface area contributed by atoms with Crippen LogP contribution in [-0.2, 0) is 4.79 Å². The van der Waals surface area contributed by atoms with Gasteiger partial charge in [-0.15, -0.1) is 0 Å². The summed E-state index contributed by atoms with van der Waals surface area (Å²) in [6, 6.07) is 7.40. The van der Waals surface area contributed by atoms with Crippen LogP contribution in [-0.4, -0.2) is 51.2 Å². The summed E-state index contributed by atoms with van der Waals surface area (Å²) >= 11 is 0. The molecule has 0 radical (unpaired) electrons. The number of unbranched alkanes of at least 4 members (excludes halogenated alkanes) is 1. The van der Waals surface area contributed by atoms with Gasteiger partial charge in [-0.25, -0.2) is 0 Å². The largest absolute Gasteiger partial charge is 0.497 e. The Morgan fingerprint density at radius 2 is 1.86 bits per heavy atom. The molecule has 0 saturated carbocycles. The van der Waals surface area contributed by atoms with Crippen LogP contribution in [0.25, 0.3) is 0 Å². The normalized spacial score (nSPS) is 10.5. The second-order valence-electron chi connectivity index (χ2n) is 5.28. The highest BCUT2D eigenvalue weighted by Crippen LogP contribution is 2.16. The first kappa shape index (κ1) is 18.3. The minimum absolute atomic E-state index is 0.0710. The first-order valence-corrected chi connectivity index (χ1v) is 7.87. The zero-order valence-corrected chi connectivity index (χ0v) is 13.9. The van der Waals surface area contributed by atoms with E-state index in [2.05, 4.69) is 24.2 Å². The summed E-state index contributed by atoms with van der Waals surface area (Å²) in [4.78, 5) is 13.9. The van der Waals surface area contributed by atoms with E-state index in [0.717, 1.165) is 24.6 Å². The predicted octanol–water partition coefficient (Wildman–Crippen LogP) is 2.31. The Hall–Kier alpha value is -1.75. The molecule has 1 rings (SSSR count). The van der Waals surface area contributed by atoms with E-state index in [1.165, 1.54) is 12.8 Å². The third-order valence-corrected chi connectivity index (χ3v) is 3.37. The van der Waals surface area contributed by atoms with E-state index in [0.29, 0.717) is 19.6 Å². The van der Waals surface area contributed by atoms with Crippen molar-refractivity contribution in [3.05, 3.63) is 24.3 Å². The molecule has 124 valence electrons. The maximum Gasteiger partial charge on any atom is 0.221 e. The van der Waals surface area contributed by atoms with E-state index in [4.69, 9.17) is 9.47 Å². The van der Waals surface area contributed by atoms with Gasteiger partial charge in [0.25, 0.3) is 0 Å². The maximum absolute atomic E-state index is 11.7. The lowest BCUT2D eigenvalue weighted by Crippen LogP contribution is -2.31. The SMILES string of the molecule is CCCCN(C)CCC(=O)NCCOc1ccc(OC)cc1. The van der Waals surface area contributed by atoms with Gasteiger partial charge in [0.2, 0.25) is 5.91 Å². The molecule has 5 heteroatoms. The van der Waals surface area contributed by atoms with Crippen LogP contribution in [0.5, 0.6) is 11.5 Å². The van der Waals surface area contributed by atoms with Crippen molar-refractivity contribution in [3.8, 4) is 11.5 Å². The van der Waals surface area contributed by atoms with Gasteiger partial charge >= 0.3 is 0 Å². The van der Waals surface area contributed by atoms with Crippen molar-refractivity contribution in [2.45, 2.75) is 26.2 Å². The number of nitrogens with zero attached hydrogens (tertiary/aromatic N) is 1. The monoisotopic (exact) mass is 308 g/mol. The number of carbonyl (C=O) groups is 1. The van der Waals surface area contributed by atoms with Crippen LogP contribution in [0, 0.1) is 0 Å². The molecule has 0 fully saturated rings. The topological polar surface area (TPSA) is 50.8 Å². The van der Waals surface area contributed by atoms with Crippen molar-refractivity contribution in [3.63, 3.8) is 0 Å². The molecule has 0 aliphatic heterocycles. The number of amides is 1. The van der Waals surface area contributed by atoms with Crippen molar-refractivity contribution in [2.75, 3.05) is 40.4 Å². The number of hydrogen-bond donors (Lipinski definition) is 1. The first-order valence-electron chi connectivity index (χ1n) is 7.87. The lowest BCUT2D eigenvalue weighted by Gasteiger charge is -2.15. The summed E-state index contributed by atoms with van der Waals surface area (Å²) < 4.78 is 10.6. The molecular weight excluding hydrogens is 280 g/mol. The van der Waals surface area contributed by atoms with Crippen LogP contribution in [0.4, 0.5) is 0 Å². The highest BCUT2D eigenvalue weighted by atomic mass is 16.5. The molecule has 0 aliphatic rings. The zero-order chi connectivity index (χ0) is 16.2. The predicted molar refractivity (Wildman–Crippen MR) is 88.5 cm³/mol. The number of carbonyl (C=O) groups excluding carboxylic acids is 1. The molecule has 0 atom stereocenters. The number of rotatable bonds is 11. The van der Waals surface area contributed by atoms with Crippen LogP contribution in [0.3, 0.4) is 0 Å². The molecule has 0 aromatic heterocycles. The Bertz CT molecular complexity index is 420. The van der Waals surface area contributed by atoms with Gasteiger partial charge in [0.15, 0.2) is 0 Å². The quantitative estimate of drug-likeness (QED) is 0.637. The molecule has 5 nitrogen and oxygen atoms in total. The van der Waals surface area contributed by atoms with Gasteiger partial charge in [0.05, 0.1) is 13.7 Å². The molecule has 1 amide bonds. The number of benzene rings is 1. The van der Waals surface area contributed by atoms with Gasteiger partial charge < -0.3 is 19.7 Å². The number of methoxy groups -OCH3 is 1. The van der Waals surface area contributed by atoms with Crippen molar-refractivity contribution >= 4 is 5.91 Å². The van der Waals surface area contributed by atoms with E-state index < -0.39 is 0 Å². The van der Waals surface area contributed by atoms with E-state index in [-0.39, 0.29) is 5.91 Å². The standard InChI is InChI=1S/C17H28N2O3/c1-4-5-12-19(2)13-10-17(20)18-11-14-22-16-8-6-15(21-3)7-9-16/h6-9H,4-5,10-14H2,1-3H3,(H,18,20). The highest BCUT2D eigenvalue weighted by Gasteiger charge is 2.04. The summed E-state index contributed by atoms with van der Waals surface area (Å²) in [5.74, 6) is 1.64. The zero-order valence-electron chi connectivity index (χ0n) is 13.9. The molecule has 0 heterocycles. The summed E-state index contributed by atoms with van der Waals surface area (Å²) in [5, 5.41) is 2.87. The van der Waals surface area contributed by atoms with Crippen LogP contribution < -0.4 is 14.8 Å². The third kappa shape index (κ3) is 7.88. The number of hydrogen-bond acceptors (Lipinski definition) is 4. The molecule has 0 spiro atoms. The van der Waals surface area contributed by atoms with Crippen LogP contribution in [0.1, 0.15) is 26.2 Å². The minimum atomic E-state index is 0.0710. The van der Waals surface area contributed by atoms with E-state index in [1.54, 1.807) is 7.11 Å².